The van der Waals surface area contributed by atoms with Crippen molar-refractivity contribution in [3.8, 4) is 0 Å². The van der Waals surface area contributed by atoms with E-state index < -0.39 is 0 Å². The zero-order valence-corrected chi connectivity index (χ0v) is 11.6. The third kappa shape index (κ3) is 3.14. The van der Waals surface area contributed by atoms with Gasteiger partial charge in [-0.15, -0.1) is 5.10 Å². The number of aryl methyl sites for hydroxylation is 1. The molecule has 0 unspecified atom stereocenters. The van der Waals surface area contributed by atoms with Crippen LogP contribution in [0.25, 0.3) is 0 Å². The molecule has 6 heteroatoms. The molecular weight excluding hydrogens is 254 g/mol. The molecule has 0 saturated carbocycles. The number of hydrogen-bond donors (Lipinski definition) is 1. The molecule has 2 aromatic rings. The Labute approximate surface area is 118 Å². The second-order valence-electron chi connectivity index (χ2n) is 5.18. The average Bonchev–Trinajstić information content (AvgIpc) is 2.92. The minimum absolute atomic E-state index is 0.441. The van der Waals surface area contributed by atoms with E-state index in [9.17, 15) is 0 Å². The Balaban J connectivity index is 1.55. The quantitative estimate of drug-likeness (QED) is 0.911. The predicted octanol–water partition coefficient (Wildman–Crippen LogP) is 1.53. The van der Waals surface area contributed by atoms with E-state index in [0.29, 0.717) is 6.04 Å². The van der Waals surface area contributed by atoms with E-state index in [4.69, 9.17) is 4.52 Å². The summed E-state index contributed by atoms with van der Waals surface area (Å²) < 4.78 is 5.22. The highest BCUT2D eigenvalue weighted by molar-refractivity contribution is 5.37. The van der Waals surface area contributed by atoms with Crippen LogP contribution in [0.2, 0.25) is 0 Å². The minimum Gasteiger partial charge on any atom is -0.360 e. The van der Waals surface area contributed by atoms with Crippen molar-refractivity contribution in [3.63, 3.8) is 0 Å². The van der Waals surface area contributed by atoms with Crippen LogP contribution in [-0.4, -0.2) is 34.5 Å². The zero-order chi connectivity index (χ0) is 13.8. The van der Waals surface area contributed by atoms with Crippen LogP contribution in [-0.2, 0) is 6.54 Å². The standard InChI is InChI=1S/C14H19N5O/c1-11-8-13(20-18-11)9-15-12-4-3-7-19(10-12)14-5-2-6-16-17-14/h2,5-6,8,12,15H,3-4,7,9-10H2,1H3/t12-/m0/s1. The number of nitrogens with one attached hydrogen (secondary N) is 1. The van der Waals surface area contributed by atoms with Crippen LogP contribution in [0.15, 0.2) is 28.9 Å². The molecule has 1 saturated heterocycles. The highest BCUT2D eigenvalue weighted by Gasteiger charge is 2.20. The Hall–Kier alpha value is -1.95. The van der Waals surface area contributed by atoms with Crippen molar-refractivity contribution in [3.05, 3.63) is 35.9 Å². The fourth-order valence-electron chi connectivity index (χ4n) is 2.56. The van der Waals surface area contributed by atoms with Gasteiger partial charge in [0.25, 0.3) is 0 Å². The van der Waals surface area contributed by atoms with Gasteiger partial charge >= 0.3 is 0 Å². The van der Waals surface area contributed by atoms with E-state index in [1.807, 2.05) is 25.1 Å². The lowest BCUT2D eigenvalue weighted by atomic mass is 10.1. The molecule has 1 N–H and O–H groups in total. The van der Waals surface area contributed by atoms with Crippen molar-refractivity contribution < 1.29 is 4.52 Å². The van der Waals surface area contributed by atoms with Gasteiger partial charge in [-0.1, -0.05) is 5.16 Å². The molecular formula is C14H19N5O. The monoisotopic (exact) mass is 273 g/mol. The van der Waals surface area contributed by atoms with Gasteiger partial charge in [0, 0.05) is 31.4 Å². The van der Waals surface area contributed by atoms with E-state index in [0.717, 1.165) is 43.3 Å². The summed E-state index contributed by atoms with van der Waals surface area (Å²) in [5.74, 6) is 1.84. The van der Waals surface area contributed by atoms with Crippen molar-refractivity contribution in [2.24, 2.45) is 0 Å². The average molecular weight is 273 g/mol. The number of piperidine rings is 1. The molecule has 106 valence electrons. The number of rotatable bonds is 4. The largest absolute Gasteiger partial charge is 0.360 e. The van der Waals surface area contributed by atoms with Gasteiger partial charge in [0.1, 0.15) is 0 Å². The molecule has 0 amide bonds. The maximum absolute atomic E-state index is 5.22. The Morgan fingerprint density at radius 2 is 2.45 bits per heavy atom. The molecule has 0 spiro atoms. The van der Waals surface area contributed by atoms with Crippen molar-refractivity contribution in [2.45, 2.75) is 32.4 Å². The Morgan fingerprint density at radius 3 is 3.20 bits per heavy atom. The lowest BCUT2D eigenvalue weighted by Gasteiger charge is -2.33. The maximum atomic E-state index is 5.22. The van der Waals surface area contributed by atoms with Crippen LogP contribution < -0.4 is 10.2 Å². The first-order chi connectivity index (χ1) is 9.81. The van der Waals surface area contributed by atoms with E-state index in [1.165, 1.54) is 6.42 Å². The molecule has 2 aromatic heterocycles. The predicted molar refractivity (Wildman–Crippen MR) is 75.3 cm³/mol. The Kier molecular flexibility index (Phi) is 3.92. The SMILES string of the molecule is Cc1cc(CN[C@H]2CCCN(c3cccnn3)C2)on1. The fourth-order valence-corrected chi connectivity index (χ4v) is 2.56. The number of anilines is 1. The first-order valence-corrected chi connectivity index (χ1v) is 6.99. The van der Waals surface area contributed by atoms with E-state index >= 15 is 0 Å². The Morgan fingerprint density at radius 1 is 1.50 bits per heavy atom. The van der Waals surface area contributed by atoms with Gasteiger partial charge in [-0.3, -0.25) is 0 Å². The van der Waals surface area contributed by atoms with Crippen LogP contribution in [0, 0.1) is 6.92 Å². The molecule has 6 nitrogen and oxygen atoms in total. The van der Waals surface area contributed by atoms with Crippen LogP contribution in [0.4, 0.5) is 5.82 Å². The molecule has 1 atom stereocenters. The summed E-state index contributed by atoms with van der Waals surface area (Å²) in [4.78, 5) is 2.28. The van der Waals surface area contributed by atoms with E-state index in [2.05, 4.69) is 25.6 Å². The number of hydrogen-bond acceptors (Lipinski definition) is 6. The highest BCUT2D eigenvalue weighted by Crippen LogP contribution is 2.17. The highest BCUT2D eigenvalue weighted by atomic mass is 16.5. The molecule has 1 aliphatic rings. The van der Waals surface area contributed by atoms with Crippen molar-refractivity contribution in [1.29, 1.82) is 0 Å². The topological polar surface area (TPSA) is 67.1 Å². The summed E-state index contributed by atoms with van der Waals surface area (Å²) in [7, 11) is 0. The van der Waals surface area contributed by atoms with Gasteiger partial charge in [-0.25, -0.2) is 0 Å². The minimum atomic E-state index is 0.441. The summed E-state index contributed by atoms with van der Waals surface area (Å²) in [5.41, 5.74) is 0.923. The van der Waals surface area contributed by atoms with Crippen molar-refractivity contribution in [1.82, 2.24) is 20.7 Å². The lowest BCUT2D eigenvalue weighted by Crippen LogP contribution is -2.45. The summed E-state index contributed by atoms with van der Waals surface area (Å²) in [6.07, 6.45) is 4.03. The second-order valence-corrected chi connectivity index (χ2v) is 5.18. The van der Waals surface area contributed by atoms with Crippen LogP contribution >= 0.6 is 0 Å². The molecule has 0 radical (unpaired) electrons. The Bertz CT molecular complexity index is 542. The molecule has 1 aliphatic heterocycles. The molecule has 3 heterocycles. The number of nitrogens with zero attached hydrogens (tertiary/aromatic N) is 4. The van der Waals surface area contributed by atoms with Gasteiger partial charge in [0.2, 0.25) is 0 Å². The summed E-state index contributed by atoms with van der Waals surface area (Å²) in [5, 5.41) is 15.6. The molecule has 3 rings (SSSR count). The zero-order valence-electron chi connectivity index (χ0n) is 11.6. The van der Waals surface area contributed by atoms with Gasteiger partial charge in [-0.2, -0.15) is 5.10 Å². The van der Waals surface area contributed by atoms with Crippen molar-refractivity contribution >= 4 is 5.82 Å². The molecule has 20 heavy (non-hydrogen) atoms. The van der Waals surface area contributed by atoms with Gasteiger partial charge in [0.05, 0.1) is 12.2 Å². The van der Waals surface area contributed by atoms with Crippen LogP contribution in [0.3, 0.4) is 0 Å². The molecule has 1 fully saturated rings. The summed E-state index contributed by atoms with van der Waals surface area (Å²) in [6, 6.07) is 6.35. The number of aromatic nitrogens is 3. The van der Waals surface area contributed by atoms with E-state index in [1.54, 1.807) is 6.20 Å². The first-order valence-electron chi connectivity index (χ1n) is 6.99. The van der Waals surface area contributed by atoms with Gasteiger partial charge in [0.15, 0.2) is 11.6 Å². The molecule has 0 aromatic carbocycles. The van der Waals surface area contributed by atoms with E-state index in [-0.39, 0.29) is 0 Å². The second kappa shape index (κ2) is 6.00. The van der Waals surface area contributed by atoms with Gasteiger partial charge in [-0.05, 0) is 31.9 Å². The van der Waals surface area contributed by atoms with Crippen molar-refractivity contribution in [2.75, 3.05) is 18.0 Å². The smallest absolute Gasteiger partial charge is 0.151 e. The van der Waals surface area contributed by atoms with Crippen LogP contribution in [0.5, 0.6) is 0 Å². The normalized spacial score (nSPS) is 19.2. The summed E-state index contributed by atoms with van der Waals surface area (Å²) >= 11 is 0. The summed E-state index contributed by atoms with van der Waals surface area (Å²) in [6.45, 7) is 4.65. The maximum Gasteiger partial charge on any atom is 0.151 e. The van der Waals surface area contributed by atoms with Crippen LogP contribution in [0.1, 0.15) is 24.3 Å². The third-order valence-electron chi connectivity index (χ3n) is 3.55. The first kappa shape index (κ1) is 13.1. The third-order valence-corrected chi connectivity index (χ3v) is 3.55. The molecule has 0 bridgehead atoms. The fraction of sp³-hybridized carbons (Fsp3) is 0.500. The van der Waals surface area contributed by atoms with Gasteiger partial charge < -0.3 is 14.7 Å². The lowest BCUT2D eigenvalue weighted by molar-refractivity contribution is 0.347. The molecule has 0 aliphatic carbocycles.